The van der Waals surface area contributed by atoms with Gasteiger partial charge in [0.25, 0.3) is 0 Å². The summed E-state index contributed by atoms with van der Waals surface area (Å²) in [5, 5.41) is 9.66. The minimum atomic E-state index is -0.871. The van der Waals surface area contributed by atoms with Crippen molar-refractivity contribution in [3.8, 4) is 0 Å². The molecule has 0 aliphatic heterocycles. The molecule has 2 unspecified atom stereocenters. The highest BCUT2D eigenvalue weighted by molar-refractivity contribution is 5.72. The van der Waals surface area contributed by atoms with E-state index < -0.39 is 18.1 Å². The fourth-order valence-electron chi connectivity index (χ4n) is 8.20. The van der Waals surface area contributed by atoms with E-state index in [-0.39, 0.29) is 36.2 Å². The zero-order valence-electron chi connectivity index (χ0n) is 42.3. The predicted octanol–water partition coefficient (Wildman–Crippen LogP) is 15.6. The maximum atomic E-state index is 12.8. The Morgan fingerprint density at radius 1 is 0.476 bits per heavy atom. The van der Waals surface area contributed by atoms with Crippen LogP contribution in [-0.2, 0) is 28.6 Å². The van der Waals surface area contributed by atoms with Crippen LogP contribution < -0.4 is 0 Å². The standard InChI is InChI=1S/C55H103NO7/c1-6-8-10-12-14-16-18-20-22-24-26-28-30-32-34-36-38-40-42-44-46-54(58)63-51(49-61-48-47-52(55(59)60)56(3,4)5)50-62-53(57)45-43-41-39-37-35-33-31-29-27-25-23-21-19-17-15-13-11-9-7-2/h15,17,19,21,51-52H,6-14,16,18,20,22-50H2,1-5H3/p+1/b17-15+,21-19+. The van der Waals surface area contributed by atoms with Gasteiger partial charge in [0.15, 0.2) is 12.1 Å². The van der Waals surface area contributed by atoms with Crippen LogP contribution in [0.1, 0.15) is 258 Å². The van der Waals surface area contributed by atoms with Gasteiger partial charge in [-0.3, -0.25) is 9.59 Å². The van der Waals surface area contributed by atoms with Gasteiger partial charge < -0.3 is 23.8 Å². The lowest BCUT2D eigenvalue weighted by Crippen LogP contribution is -2.50. The summed E-state index contributed by atoms with van der Waals surface area (Å²) in [6.07, 6.45) is 53.7. The lowest BCUT2D eigenvalue weighted by atomic mass is 10.0. The lowest BCUT2D eigenvalue weighted by molar-refractivity contribution is -0.887. The number of quaternary nitrogens is 1. The molecule has 0 saturated carbocycles. The molecule has 0 aliphatic carbocycles. The van der Waals surface area contributed by atoms with E-state index in [1.165, 1.54) is 186 Å². The number of unbranched alkanes of at least 4 members (excludes halogenated alkanes) is 32. The molecular weight excluding hydrogens is 787 g/mol. The molecule has 1 N–H and O–H groups in total. The smallest absolute Gasteiger partial charge is 0.362 e. The van der Waals surface area contributed by atoms with E-state index in [2.05, 4.69) is 38.2 Å². The fourth-order valence-corrected chi connectivity index (χ4v) is 8.20. The van der Waals surface area contributed by atoms with Gasteiger partial charge in [-0.25, -0.2) is 4.79 Å². The number of carbonyl (C=O) groups excluding carboxylic acids is 2. The Kier molecular flexibility index (Phi) is 44.7. The van der Waals surface area contributed by atoms with Crippen LogP contribution in [-0.4, -0.2) is 80.6 Å². The van der Waals surface area contributed by atoms with Crippen LogP contribution in [0.4, 0.5) is 0 Å². The van der Waals surface area contributed by atoms with Crippen molar-refractivity contribution in [2.75, 3.05) is 41.0 Å². The first-order valence-electron chi connectivity index (χ1n) is 26.9. The maximum absolute atomic E-state index is 12.8. The number of allylic oxidation sites excluding steroid dienone is 4. The number of likely N-dealkylation sites (N-methyl/N-ethyl adjacent to an activating group) is 1. The number of carboxylic acids is 1. The van der Waals surface area contributed by atoms with Crippen molar-refractivity contribution < 1.29 is 38.2 Å². The molecule has 0 saturated heterocycles. The van der Waals surface area contributed by atoms with E-state index in [9.17, 15) is 19.5 Å². The highest BCUT2D eigenvalue weighted by Gasteiger charge is 2.31. The van der Waals surface area contributed by atoms with E-state index in [0.717, 1.165) is 38.5 Å². The maximum Gasteiger partial charge on any atom is 0.362 e. The second-order valence-corrected chi connectivity index (χ2v) is 19.5. The summed E-state index contributed by atoms with van der Waals surface area (Å²) >= 11 is 0. The van der Waals surface area contributed by atoms with Crippen molar-refractivity contribution in [1.29, 1.82) is 0 Å². The van der Waals surface area contributed by atoms with Gasteiger partial charge in [0.05, 0.1) is 34.4 Å². The van der Waals surface area contributed by atoms with Gasteiger partial charge >= 0.3 is 17.9 Å². The van der Waals surface area contributed by atoms with Gasteiger partial charge in [0, 0.05) is 19.3 Å². The van der Waals surface area contributed by atoms with Crippen molar-refractivity contribution in [3.05, 3.63) is 24.3 Å². The third-order valence-electron chi connectivity index (χ3n) is 12.4. The highest BCUT2D eigenvalue weighted by Crippen LogP contribution is 2.17. The monoisotopic (exact) mass is 891 g/mol. The summed E-state index contributed by atoms with van der Waals surface area (Å²) < 4.78 is 17.4. The molecule has 0 aromatic rings. The van der Waals surface area contributed by atoms with E-state index in [1.54, 1.807) is 0 Å². The van der Waals surface area contributed by atoms with Crippen LogP contribution in [0.15, 0.2) is 24.3 Å². The van der Waals surface area contributed by atoms with E-state index >= 15 is 0 Å². The Labute approximate surface area is 390 Å². The van der Waals surface area contributed by atoms with Crippen LogP contribution in [0.5, 0.6) is 0 Å². The molecule has 0 radical (unpaired) electrons. The van der Waals surface area contributed by atoms with Crippen LogP contribution in [0.3, 0.4) is 0 Å². The Balaban J connectivity index is 4.19. The summed E-state index contributed by atoms with van der Waals surface area (Å²) in [6, 6.07) is -0.613. The van der Waals surface area contributed by atoms with Gasteiger partial charge in [0.2, 0.25) is 0 Å². The van der Waals surface area contributed by atoms with Crippen molar-refractivity contribution in [2.24, 2.45) is 0 Å². The lowest BCUT2D eigenvalue weighted by Gasteiger charge is -2.31. The zero-order valence-corrected chi connectivity index (χ0v) is 42.3. The highest BCUT2D eigenvalue weighted by atomic mass is 16.6. The van der Waals surface area contributed by atoms with Crippen LogP contribution in [0.2, 0.25) is 0 Å². The zero-order chi connectivity index (χ0) is 46.3. The van der Waals surface area contributed by atoms with Crippen LogP contribution in [0.25, 0.3) is 0 Å². The molecule has 8 heteroatoms. The second kappa shape index (κ2) is 46.3. The Hall–Kier alpha value is -2.19. The Bertz CT molecular complexity index is 1080. The molecule has 0 rings (SSSR count). The summed E-state index contributed by atoms with van der Waals surface area (Å²) in [6.45, 7) is 4.76. The molecule has 8 nitrogen and oxygen atoms in total. The van der Waals surface area contributed by atoms with Crippen LogP contribution >= 0.6 is 0 Å². The Morgan fingerprint density at radius 2 is 0.825 bits per heavy atom. The number of ether oxygens (including phenoxy) is 3. The minimum absolute atomic E-state index is 0.0476. The first-order valence-corrected chi connectivity index (χ1v) is 26.9. The molecule has 0 aromatic carbocycles. The molecule has 0 heterocycles. The number of nitrogens with zero attached hydrogens (tertiary/aromatic N) is 1. The fraction of sp³-hybridized carbons (Fsp3) is 0.873. The minimum Gasteiger partial charge on any atom is -0.477 e. The van der Waals surface area contributed by atoms with E-state index in [1.807, 2.05) is 21.1 Å². The van der Waals surface area contributed by atoms with Crippen LogP contribution in [0, 0.1) is 0 Å². The SMILES string of the molecule is CCCCC/C=C/C=C/CCCCCCCCCCCCC(=O)OCC(COCCC(C(=O)O)[N+](C)(C)C)OC(=O)CCCCCCCCCCCCCCCCCCCCCC. The molecule has 370 valence electrons. The molecule has 63 heavy (non-hydrogen) atoms. The molecule has 2 atom stereocenters. The third kappa shape index (κ3) is 44.8. The average Bonchev–Trinajstić information content (AvgIpc) is 3.24. The summed E-state index contributed by atoms with van der Waals surface area (Å²) in [5.41, 5.74) is 0. The van der Waals surface area contributed by atoms with Gasteiger partial charge in [-0.1, -0.05) is 224 Å². The normalized spacial score (nSPS) is 13.0. The number of hydrogen-bond acceptors (Lipinski definition) is 6. The summed E-state index contributed by atoms with van der Waals surface area (Å²) in [7, 11) is 5.55. The molecule has 0 aliphatic rings. The first kappa shape index (κ1) is 60.8. The predicted molar refractivity (Wildman–Crippen MR) is 266 cm³/mol. The average molecular weight is 891 g/mol. The van der Waals surface area contributed by atoms with Crippen molar-refractivity contribution in [1.82, 2.24) is 0 Å². The second-order valence-electron chi connectivity index (χ2n) is 19.5. The number of carboxylic acid groups (broad SMARTS) is 1. The van der Waals surface area contributed by atoms with Gasteiger partial charge in [-0.05, 0) is 38.5 Å². The van der Waals surface area contributed by atoms with Gasteiger partial charge in [-0.2, -0.15) is 0 Å². The van der Waals surface area contributed by atoms with Gasteiger partial charge in [0.1, 0.15) is 6.61 Å². The molecule has 0 fully saturated rings. The number of rotatable bonds is 49. The number of carbonyl (C=O) groups is 3. The molecule has 0 amide bonds. The van der Waals surface area contributed by atoms with Gasteiger partial charge in [-0.15, -0.1) is 0 Å². The quantitative estimate of drug-likeness (QED) is 0.0281. The first-order chi connectivity index (χ1) is 30.6. The van der Waals surface area contributed by atoms with Crippen molar-refractivity contribution in [2.45, 2.75) is 270 Å². The molecule has 0 bridgehead atoms. The summed E-state index contributed by atoms with van der Waals surface area (Å²) in [5.74, 6) is -1.45. The largest absolute Gasteiger partial charge is 0.477 e. The van der Waals surface area contributed by atoms with Crippen molar-refractivity contribution >= 4 is 17.9 Å². The topological polar surface area (TPSA) is 99.1 Å². The molecular formula is C55H104NO7+. The third-order valence-corrected chi connectivity index (χ3v) is 12.4. The number of aliphatic carboxylic acids is 1. The molecule has 0 aromatic heterocycles. The Morgan fingerprint density at radius 3 is 1.22 bits per heavy atom. The number of hydrogen-bond donors (Lipinski definition) is 1. The number of esters is 2. The van der Waals surface area contributed by atoms with E-state index in [4.69, 9.17) is 14.2 Å². The molecule has 0 spiro atoms. The van der Waals surface area contributed by atoms with E-state index in [0.29, 0.717) is 19.3 Å². The van der Waals surface area contributed by atoms with Crippen molar-refractivity contribution in [3.63, 3.8) is 0 Å². The summed E-state index contributed by atoms with van der Waals surface area (Å²) in [4.78, 5) is 37.2.